The van der Waals surface area contributed by atoms with Gasteiger partial charge in [0.1, 0.15) is 5.01 Å². The lowest BCUT2D eigenvalue weighted by molar-refractivity contribution is -0.137. The molecule has 114 valence electrons. The molecule has 0 aliphatic carbocycles. The van der Waals surface area contributed by atoms with E-state index in [1.807, 2.05) is 6.92 Å². The summed E-state index contributed by atoms with van der Waals surface area (Å²) in [6.45, 7) is 1.84. The molecule has 0 saturated carbocycles. The molecule has 1 aromatic heterocycles. The van der Waals surface area contributed by atoms with Gasteiger partial charge >= 0.3 is 6.18 Å². The van der Waals surface area contributed by atoms with E-state index in [1.54, 1.807) is 0 Å². The van der Waals surface area contributed by atoms with E-state index in [9.17, 15) is 21.6 Å². The van der Waals surface area contributed by atoms with Crippen LogP contribution < -0.4 is 4.72 Å². The van der Waals surface area contributed by atoms with E-state index in [1.165, 1.54) is 0 Å². The molecule has 0 unspecified atom stereocenters. The van der Waals surface area contributed by atoms with Crippen molar-refractivity contribution in [3.8, 4) is 0 Å². The van der Waals surface area contributed by atoms with Crippen molar-refractivity contribution in [3.05, 3.63) is 34.8 Å². The Labute approximate surface area is 122 Å². The number of alkyl halides is 3. The summed E-state index contributed by atoms with van der Waals surface area (Å²) in [5.74, 6) is 0. The van der Waals surface area contributed by atoms with Gasteiger partial charge < -0.3 is 0 Å². The average molecular weight is 337 g/mol. The maximum Gasteiger partial charge on any atom is 0.416 e. The summed E-state index contributed by atoms with van der Waals surface area (Å²) in [5.41, 5.74) is -0.911. The van der Waals surface area contributed by atoms with Gasteiger partial charge in [-0.05, 0) is 30.7 Å². The predicted molar refractivity (Wildman–Crippen MR) is 71.5 cm³/mol. The number of halogens is 3. The molecule has 1 aromatic carbocycles. The number of nitrogens with one attached hydrogen (secondary N) is 1. The van der Waals surface area contributed by atoms with Gasteiger partial charge in [0.2, 0.25) is 5.13 Å². The largest absolute Gasteiger partial charge is 0.416 e. The molecule has 0 atom stereocenters. The average Bonchev–Trinajstić information content (AvgIpc) is 2.85. The molecule has 0 amide bonds. The monoisotopic (exact) mass is 337 g/mol. The number of anilines is 1. The summed E-state index contributed by atoms with van der Waals surface area (Å²) in [6.07, 6.45) is -3.90. The molecule has 21 heavy (non-hydrogen) atoms. The zero-order chi connectivity index (χ0) is 15.7. The summed E-state index contributed by atoms with van der Waals surface area (Å²) in [7, 11) is -3.98. The van der Waals surface area contributed by atoms with Crippen LogP contribution in [0.15, 0.2) is 29.2 Å². The van der Waals surface area contributed by atoms with Gasteiger partial charge in [-0.1, -0.05) is 18.3 Å². The second-order valence-electron chi connectivity index (χ2n) is 3.98. The Morgan fingerprint density at radius 1 is 1.19 bits per heavy atom. The Bertz CT molecular complexity index is 724. The van der Waals surface area contributed by atoms with E-state index in [4.69, 9.17) is 0 Å². The molecule has 0 saturated heterocycles. The van der Waals surface area contributed by atoms with Crippen molar-refractivity contribution in [2.24, 2.45) is 0 Å². The van der Waals surface area contributed by atoms with Crippen LogP contribution in [0.5, 0.6) is 0 Å². The second kappa shape index (κ2) is 5.60. The first kappa shape index (κ1) is 15.7. The number of benzene rings is 1. The van der Waals surface area contributed by atoms with E-state index in [-0.39, 0.29) is 10.0 Å². The van der Waals surface area contributed by atoms with Gasteiger partial charge in [-0.2, -0.15) is 13.2 Å². The highest BCUT2D eigenvalue weighted by atomic mass is 32.2. The van der Waals surface area contributed by atoms with E-state index in [0.29, 0.717) is 23.6 Å². The highest BCUT2D eigenvalue weighted by Gasteiger charge is 2.30. The SMILES string of the molecule is CCc1nnc(NS(=O)(=O)c2ccc(C(F)(F)F)cc2)s1. The van der Waals surface area contributed by atoms with Gasteiger partial charge in [0.15, 0.2) is 0 Å². The molecule has 10 heteroatoms. The fourth-order valence-corrected chi connectivity index (χ4v) is 3.34. The quantitative estimate of drug-likeness (QED) is 0.931. The Morgan fingerprint density at radius 3 is 2.29 bits per heavy atom. The van der Waals surface area contributed by atoms with Crippen LogP contribution >= 0.6 is 11.3 Å². The minimum atomic E-state index is -4.51. The minimum Gasteiger partial charge on any atom is -0.253 e. The second-order valence-corrected chi connectivity index (χ2v) is 6.73. The molecule has 5 nitrogen and oxygen atoms in total. The van der Waals surface area contributed by atoms with Crippen molar-refractivity contribution in [3.63, 3.8) is 0 Å². The molecule has 1 N–H and O–H groups in total. The molecule has 0 spiro atoms. The third-order valence-electron chi connectivity index (χ3n) is 2.48. The van der Waals surface area contributed by atoms with Crippen molar-refractivity contribution >= 4 is 26.5 Å². The van der Waals surface area contributed by atoms with Gasteiger partial charge in [0, 0.05) is 0 Å². The van der Waals surface area contributed by atoms with Crippen molar-refractivity contribution in [2.45, 2.75) is 24.4 Å². The Balaban J connectivity index is 2.23. The molecule has 1 heterocycles. The van der Waals surface area contributed by atoms with E-state index < -0.39 is 21.8 Å². The first-order valence-electron chi connectivity index (χ1n) is 5.75. The van der Waals surface area contributed by atoms with Crippen molar-refractivity contribution in [1.29, 1.82) is 0 Å². The summed E-state index contributed by atoms with van der Waals surface area (Å²) < 4.78 is 63.5. The van der Waals surface area contributed by atoms with Crippen molar-refractivity contribution < 1.29 is 21.6 Å². The molecular formula is C11H10F3N3O2S2. The van der Waals surface area contributed by atoms with Crippen LogP contribution in [0.2, 0.25) is 0 Å². The van der Waals surface area contributed by atoms with Crippen LogP contribution in [0.3, 0.4) is 0 Å². The third kappa shape index (κ3) is 3.70. The number of nitrogens with zero attached hydrogens (tertiary/aromatic N) is 2. The number of hydrogen-bond donors (Lipinski definition) is 1. The normalized spacial score (nSPS) is 12.4. The molecule has 0 fully saturated rings. The summed E-state index contributed by atoms with van der Waals surface area (Å²) in [5, 5.41) is 8.13. The zero-order valence-corrected chi connectivity index (χ0v) is 12.3. The van der Waals surface area contributed by atoms with Crippen LogP contribution in [0.1, 0.15) is 17.5 Å². The number of sulfonamides is 1. The summed E-state index contributed by atoms with van der Waals surface area (Å²) in [6, 6.07) is 3.22. The molecule has 0 radical (unpaired) electrons. The fourth-order valence-electron chi connectivity index (χ4n) is 1.43. The summed E-state index contributed by atoms with van der Waals surface area (Å²) >= 11 is 1.07. The van der Waals surface area contributed by atoms with E-state index >= 15 is 0 Å². The van der Waals surface area contributed by atoms with Gasteiger partial charge in [0.25, 0.3) is 10.0 Å². The van der Waals surface area contributed by atoms with E-state index in [2.05, 4.69) is 14.9 Å². The van der Waals surface area contributed by atoms with Crippen LogP contribution in [-0.4, -0.2) is 18.6 Å². The Hall–Kier alpha value is -1.68. The predicted octanol–water partition coefficient (Wildman–Crippen LogP) is 2.92. The lowest BCUT2D eigenvalue weighted by atomic mass is 10.2. The number of aromatic nitrogens is 2. The molecule has 2 rings (SSSR count). The van der Waals surface area contributed by atoms with Gasteiger partial charge in [0.05, 0.1) is 10.5 Å². The molecule has 2 aromatic rings. The standard InChI is InChI=1S/C11H10F3N3O2S2/c1-2-9-15-16-10(20-9)17-21(18,19)8-5-3-7(4-6-8)11(12,13)14/h3-6H,2H2,1H3,(H,16,17). The maximum absolute atomic E-state index is 12.4. The van der Waals surface area contributed by atoms with Crippen LogP contribution in [0.4, 0.5) is 18.3 Å². The highest BCUT2D eigenvalue weighted by Crippen LogP contribution is 2.30. The number of aryl methyl sites for hydroxylation is 1. The Morgan fingerprint density at radius 2 is 1.81 bits per heavy atom. The van der Waals surface area contributed by atoms with E-state index in [0.717, 1.165) is 23.5 Å². The van der Waals surface area contributed by atoms with Crippen molar-refractivity contribution in [1.82, 2.24) is 10.2 Å². The molecule has 0 aliphatic rings. The number of rotatable bonds is 4. The van der Waals surface area contributed by atoms with Gasteiger partial charge in [-0.3, -0.25) is 4.72 Å². The molecule has 0 aliphatic heterocycles. The zero-order valence-electron chi connectivity index (χ0n) is 10.7. The van der Waals surface area contributed by atoms with Crippen LogP contribution in [-0.2, 0) is 22.6 Å². The smallest absolute Gasteiger partial charge is 0.253 e. The topological polar surface area (TPSA) is 72.0 Å². The Kier molecular flexibility index (Phi) is 4.19. The van der Waals surface area contributed by atoms with Crippen LogP contribution in [0.25, 0.3) is 0 Å². The maximum atomic E-state index is 12.4. The summed E-state index contributed by atoms with van der Waals surface area (Å²) in [4.78, 5) is -0.274. The molecular weight excluding hydrogens is 327 g/mol. The van der Waals surface area contributed by atoms with Gasteiger partial charge in [-0.15, -0.1) is 10.2 Å². The van der Waals surface area contributed by atoms with Crippen LogP contribution in [0, 0.1) is 0 Å². The minimum absolute atomic E-state index is 0.0757. The fraction of sp³-hybridized carbons (Fsp3) is 0.273. The first-order chi connectivity index (χ1) is 9.72. The number of hydrogen-bond acceptors (Lipinski definition) is 5. The van der Waals surface area contributed by atoms with Crippen molar-refractivity contribution in [2.75, 3.05) is 4.72 Å². The lowest BCUT2D eigenvalue weighted by Gasteiger charge is -2.08. The van der Waals surface area contributed by atoms with Gasteiger partial charge in [-0.25, -0.2) is 8.42 Å². The third-order valence-corrected chi connectivity index (χ3v) is 4.95. The first-order valence-corrected chi connectivity index (χ1v) is 8.05. The lowest BCUT2D eigenvalue weighted by Crippen LogP contribution is -2.13. The highest BCUT2D eigenvalue weighted by molar-refractivity contribution is 7.93. The molecule has 0 bridgehead atoms.